The zero-order chi connectivity index (χ0) is 24.9. The molecule has 2 heterocycles. The Balaban J connectivity index is 1.24. The minimum Gasteiger partial charge on any atom is -0.459 e. The van der Waals surface area contributed by atoms with Gasteiger partial charge in [-0.2, -0.15) is 0 Å². The maximum absolute atomic E-state index is 11.6. The molecule has 4 unspecified atom stereocenters. The van der Waals surface area contributed by atoms with E-state index < -0.39 is 6.10 Å². The number of aliphatic hydroxyl groups is 1. The van der Waals surface area contributed by atoms with E-state index in [1.807, 2.05) is 0 Å². The molecule has 0 aromatic carbocycles. The second kappa shape index (κ2) is 8.02. The first kappa shape index (κ1) is 24.4. The Hall–Kier alpha value is -0.950. The molecule has 6 heteroatoms. The average Bonchev–Trinajstić information content (AvgIpc) is 3.52. The zero-order valence-electron chi connectivity index (χ0n) is 22.3. The van der Waals surface area contributed by atoms with E-state index in [0.29, 0.717) is 30.1 Å². The molecule has 0 aromatic rings. The van der Waals surface area contributed by atoms with Crippen LogP contribution in [0.2, 0.25) is 0 Å². The second-order valence-corrected chi connectivity index (χ2v) is 13.9. The van der Waals surface area contributed by atoms with Crippen molar-refractivity contribution in [3.63, 3.8) is 0 Å². The van der Waals surface area contributed by atoms with Crippen molar-refractivity contribution in [2.45, 2.75) is 104 Å². The number of carbonyl (C=O) groups is 1. The SMILES string of the molecule is CC(=O)O[C@@H]1CC2=C[C@@H](O)C3C4CC[C@H](C(C)C5OCC(C)(C)CO5)[C@@]4(C)CCC3[C@@]2(C)[C@H]2O[C@@H]12. The van der Waals surface area contributed by atoms with E-state index in [2.05, 4.69) is 40.7 Å². The van der Waals surface area contributed by atoms with E-state index >= 15 is 0 Å². The third-order valence-corrected chi connectivity index (χ3v) is 11.2. The Bertz CT molecular complexity index is 903. The van der Waals surface area contributed by atoms with Gasteiger partial charge in [0.05, 0.1) is 25.4 Å². The molecule has 6 rings (SSSR count). The highest BCUT2D eigenvalue weighted by molar-refractivity contribution is 5.66. The number of epoxide rings is 1. The molecule has 4 aliphatic carbocycles. The van der Waals surface area contributed by atoms with Crippen LogP contribution in [0.5, 0.6) is 0 Å². The van der Waals surface area contributed by atoms with Crippen LogP contribution in [-0.2, 0) is 23.7 Å². The van der Waals surface area contributed by atoms with E-state index in [9.17, 15) is 9.90 Å². The summed E-state index contributed by atoms with van der Waals surface area (Å²) in [6.07, 6.45) is 6.73. The summed E-state index contributed by atoms with van der Waals surface area (Å²) in [5.41, 5.74) is 1.44. The predicted octanol–water partition coefficient (Wildman–Crippen LogP) is 4.49. The van der Waals surface area contributed by atoms with Gasteiger partial charge in [0.25, 0.3) is 0 Å². The maximum atomic E-state index is 11.6. The van der Waals surface area contributed by atoms with Crippen LogP contribution in [0.25, 0.3) is 0 Å². The van der Waals surface area contributed by atoms with Crippen LogP contribution in [0.4, 0.5) is 0 Å². The van der Waals surface area contributed by atoms with Gasteiger partial charge in [-0.05, 0) is 54.8 Å². The summed E-state index contributed by atoms with van der Waals surface area (Å²) >= 11 is 0. The van der Waals surface area contributed by atoms with Gasteiger partial charge in [0.1, 0.15) is 12.2 Å². The number of hydrogen-bond donors (Lipinski definition) is 1. The molecule has 2 saturated heterocycles. The molecule has 0 bridgehead atoms. The molecule has 0 spiro atoms. The number of ether oxygens (including phenoxy) is 4. The third kappa shape index (κ3) is 3.60. The number of esters is 1. The fraction of sp³-hybridized carbons (Fsp3) is 0.897. The Morgan fingerprint density at radius 1 is 1.11 bits per heavy atom. The lowest BCUT2D eigenvalue weighted by molar-refractivity contribution is -0.253. The standard InChI is InChI=1S/C29H44O6/c1-15(26-32-13-27(3,4)14-33-26)18-7-8-19-23-20(9-10-28(18,19)5)29(6)17(11-21(23)31)12-22(34-16(2)30)24-25(29)35-24/h11,15,18-26,31H,7-10,12-14H2,1-6H3/t15?,18-,19?,20?,21-,22-,23?,24+,25+,28-,29+/m1/s1. The Kier molecular flexibility index (Phi) is 5.59. The topological polar surface area (TPSA) is 77.5 Å². The third-order valence-electron chi connectivity index (χ3n) is 11.2. The van der Waals surface area contributed by atoms with Gasteiger partial charge in [0.15, 0.2) is 6.29 Å². The minimum atomic E-state index is -0.446. The van der Waals surface area contributed by atoms with Crippen LogP contribution in [-0.4, -0.2) is 55.0 Å². The van der Waals surface area contributed by atoms with Crippen molar-refractivity contribution in [2.75, 3.05) is 13.2 Å². The van der Waals surface area contributed by atoms with E-state index in [1.54, 1.807) is 0 Å². The molecule has 0 aromatic heterocycles. The summed E-state index contributed by atoms with van der Waals surface area (Å²) in [6, 6.07) is 0. The molecule has 0 amide bonds. The van der Waals surface area contributed by atoms with Crippen LogP contribution in [0.15, 0.2) is 11.6 Å². The first-order chi connectivity index (χ1) is 16.5. The summed E-state index contributed by atoms with van der Waals surface area (Å²) in [5.74, 6) is 1.77. The van der Waals surface area contributed by atoms with Crippen LogP contribution in [0.1, 0.15) is 73.6 Å². The average molecular weight is 489 g/mol. The molecular formula is C29H44O6. The van der Waals surface area contributed by atoms with Gasteiger partial charge in [-0.1, -0.05) is 46.3 Å². The normalized spacial score (nSPS) is 51.2. The molecular weight excluding hydrogens is 444 g/mol. The largest absolute Gasteiger partial charge is 0.459 e. The molecule has 35 heavy (non-hydrogen) atoms. The Labute approximate surface area is 210 Å². The van der Waals surface area contributed by atoms with Crippen molar-refractivity contribution >= 4 is 5.97 Å². The summed E-state index contributed by atoms with van der Waals surface area (Å²) in [5, 5.41) is 11.5. The van der Waals surface area contributed by atoms with Gasteiger partial charge in [0, 0.05) is 30.1 Å². The van der Waals surface area contributed by atoms with E-state index in [1.165, 1.54) is 25.3 Å². The lowest BCUT2D eigenvalue weighted by Gasteiger charge is -2.59. The van der Waals surface area contributed by atoms with Gasteiger partial charge in [0.2, 0.25) is 0 Å². The lowest BCUT2D eigenvalue weighted by atomic mass is 9.46. The van der Waals surface area contributed by atoms with Crippen molar-refractivity contribution in [1.29, 1.82) is 0 Å². The number of fused-ring (bicyclic) bond motifs is 7. The van der Waals surface area contributed by atoms with Crippen LogP contribution in [0, 0.1) is 45.8 Å². The van der Waals surface area contributed by atoms with Crippen molar-refractivity contribution in [3.05, 3.63) is 11.6 Å². The summed E-state index contributed by atoms with van der Waals surface area (Å²) < 4.78 is 24.3. The molecule has 2 aliphatic heterocycles. The second-order valence-electron chi connectivity index (χ2n) is 13.9. The van der Waals surface area contributed by atoms with E-state index in [-0.39, 0.29) is 52.7 Å². The fourth-order valence-electron chi connectivity index (χ4n) is 9.43. The number of aliphatic hydroxyl groups excluding tert-OH is 1. The van der Waals surface area contributed by atoms with E-state index in [0.717, 1.165) is 26.1 Å². The fourth-order valence-corrected chi connectivity index (χ4v) is 9.43. The Morgan fingerprint density at radius 2 is 1.83 bits per heavy atom. The smallest absolute Gasteiger partial charge is 0.303 e. The van der Waals surface area contributed by atoms with Gasteiger partial charge in [-0.25, -0.2) is 0 Å². The molecule has 11 atom stereocenters. The molecule has 1 N–H and O–H groups in total. The molecule has 3 saturated carbocycles. The highest BCUT2D eigenvalue weighted by Crippen LogP contribution is 2.69. The molecule has 0 radical (unpaired) electrons. The highest BCUT2D eigenvalue weighted by atomic mass is 16.7. The zero-order valence-corrected chi connectivity index (χ0v) is 22.3. The van der Waals surface area contributed by atoms with Crippen molar-refractivity contribution in [1.82, 2.24) is 0 Å². The minimum absolute atomic E-state index is 0.00597. The van der Waals surface area contributed by atoms with Crippen molar-refractivity contribution in [3.8, 4) is 0 Å². The van der Waals surface area contributed by atoms with Crippen LogP contribution < -0.4 is 0 Å². The maximum Gasteiger partial charge on any atom is 0.303 e. The first-order valence-corrected chi connectivity index (χ1v) is 13.9. The van der Waals surface area contributed by atoms with Gasteiger partial charge in [-0.15, -0.1) is 0 Å². The highest BCUT2D eigenvalue weighted by Gasteiger charge is 2.69. The molecule has 6 aliphatic rings. The Morgan fingerprint density at radius 3 is 2.51 bits per heavy atom. The molecule has 196 valence electrons. The number of carbonyl (C=O) groups excluding carboxylic acids is 1. The molecule has 5 fully saturated rings. The van der Waals surface area contributed by atoms with Gasteiger partial charge >= 0.3 is 5.97 Å². The van der Waals surface area contributed by atoms with Crippen molar-refractivity contribution in [2.24, 2.45) is 45.8 Å². The van der Waals surface area contributed by atoms with Crippen molar-refractivity contribution < 1.29 is 28.8 Å². The lowest BCUT2D eigenvalue weighted by Crippen LogP contribution is -2.57. The van der Waals surface area contributed by atoms with E-state index in [4.69, 9.17) is 18.9 Å². The predicted molar refractivity (Wildman–Crippen MR) is 130 cm³/mol. The summed E-state index contributed by atoms with van der Waals surface area (Å²) in [4.78, 5) is 11.6. The quantitative estimate of drug-likeness (QED) is 0.358. The van der Waals surface area contributed by atoms with Gasteiger partial charge in [-0.3, -0.25) is 4.79 Å². The van der Waals surface area contributed by atoms with Crippen LogP contribution in [0.3, 0.4) is 0 Å². The summed E-state index contributed by atoms with van der Waals surface area (Å²) in [7, 11) is 0. The summed E-state index contributed by atoms with van der Waals surface area (Å²) in [6.45, 7) is 14.5. The number of rotatable bonds is 3. The number of hydrogen-bond acceptors (Lipinski definition) is 6. The molecule has 6 nitrogen and oxygen atoms in total. The first-order valence-electron chi connectivity index (χ1n) is 13.9. The van der Waals surface area contributed by atoms with Gasteiger partial charge < -0.3 is 24.1 Å². The monoisotopic (exact) mass is 488 g/mol. The van der Waals surface area contributed by atoms with Crippen LogP contribution >= 0.6 is 0 Å².